The molecule has 0 atom stereocenters. The zero-order valence-electron chi connectivity index (χ0n) is 30.2. The Kier molecular flexibility index (Phi) is 6.80. The minimum Gasteiger partial charge on any atom is -0.455 e. The highest BCUT2D eigenvalue weighted by molar-refractivity contribution is 7.26. The van der Waals surface area contributed by atoms with Gasteiger partial charge in [0, 0.05) is 53.1 Å². The number of fused-ring (bicyclic) bond motifs is 11. The van der Waals surface area contributed by atoms with Crippen LogP contribution in [0, 0.1) is 0 Å². The van der Waals surface area contributed by atoms with E-state index in [0.29, 0.717) is 0 Å². The van der Waals surface area contributed by atoms with Gasteiger partial charge in [0.2, 0.25) is 0 Å². The molecule has 0 N–H and O–H groups in total. The molecule has 0 radical (unpaired) electrons. The van der Waals surface area contributed by atoms with Crippen molar-refractivity contribution < 1.29 is 4.42 Å². The van der Waals surface area contributed by atoms with Gasteiger partial charge >= 0.3 is 0 Å². The Labute approximate surface area is 326 Å². The first-order valence-electron chi connectivity index (χ1n) is 19.0. The van der Waals surface area contributed by atoms with Gasteiger partial charge in [-0.15, -0.1) is 11.3 Å². The highest BCUT2D eigenvalue weighted by Crippen LogP contribution is 2.49. The fraction of sp³-hybridized carbons (Fsp3) is 0. The standard InChI is InChI=1S/C52H32N2OS/c1-2-15-36(16-3-1)53-43-21-8-6-19-39(43)42-32-35(28-30-44(42)53)34-14-10-17-37(31-34)54(46-23-12-26-49-51(46)40-20-7-9-25-48(40)56-49)45-22-11-24-47-50(45)41-29-27-33-13-4-5-18-38(33)52(41)55-47/h1-32H. The lowest BCUT2D eigenvalue weighted by Gasteiger charge is -2.27. The SMILES string of the molecule is c1ccc(-n2c3ccccc3c3cc(-c4cccc(N(c5cccc6oc7c8ccccc8ccc7c56)c5cccc6sc7ccccc7c56)c4)ccc32)cc1. The Morgan fingerprint density at radius 2 is 1.12 bits per heavy atom. The molecule has 0 bridgehead atoms. The number of thiophene rings is 1. The minimum absolute atomic E-state index is 0.873. The highest BCUT2D eigenvalue weighted by Gasteiger charge is 2.23. The monoisotopic (exact) mass is 732 g/mol. The number of hydrogen-bond acceptors (Lipinski definition) is 3. The zero-order chi connectivity index (χ0) is 36.7. The first kappa shape index (κ1) is 31.2. The number of para-hydroxylation sites is 2. The van der Waals surface area contributed by atoms with Gasteiger partial charge in [-0.25, -0.2) is 0 Å². The number of rotatable bonds is 5. The molecule has 0 amide bonds. The second kappa shape index (κ2) is 12.2. The molecule has 0 aliphatic heterocycles. The summed E-state index contributed by atoms with van der Waals surface area (Å²) in [6, 6.07) is 70.2. The average Bonchev–Trinajstić information content (AvgIpc) is 3.94. The molecule has 0 aliphatic carbocycles. The third-order valence-electron chi connectivity index (χ3n) is 11.4. The van der Waals surface area contributed by atoms with Crippen molar-refractivity contribution in [2.45, 2.75) is 0 Å². The zero-order valence-corrected chi connectivity index (χ0v) is 31.0. The average molecular weight is 733 g/mol. The van der Waals surface area contributed by atoms with Crippen LogP contribution < -0.4 is 4.90 Å². The van der Waals surface area contributed by atoms with E-state index in [1.165, 1.54) is 52.9 Å². The Hall–Kier alpha value is -7.14. The summed E-state index contributed by atoms with van der Waals surface area (Å²) in [7, 11) is 0. The lowest BCUT2D eigenvalue weighted by molar-refractivity contribution is 0.672. The van der Waals surface area contributed by atoms with Gasteiger partial charge in [0.15, 0.2) is 0 Å². The summed E-state index contributed by atoms with van der Waals surface area (Å²) >= 11 is 1.85. The van der Waals surface area contributed by atoms with Crippen molar-refractivity contribution in [2.24, 2.45) is 0 Å². The Morgan fingerprint density at radius 3 is 2.04 bits per heavy atom. The van der Waals surface area contributed by atoms with Crippen LogP contribution in [-0.4, -0.2) is 4.57 Å². The third-order valence-corrected chi connectivity index (χ3v) is 12.5. The van der Waals surface area contributed by atoms with Gasteiger partial charge in [0.05, 0.1) is 27.8 Å². The van der Waals surface area contributed by atoms with Crippen LogP contribution in [0.3, 0.4) is 0 Å². The van der Waals surface area contributed by atoms with Crippen LogP contribution in [0.4, 0.5) is 17.1 Å². The van der Waals surface area contributed by atoms with Crippen molar-refractivity contribution in [2.75, 3.05) is 4.90 Å². The molecule has 262 valence electrons. The second-order valence-corrected chi connectivity index (χ2v) is 15.6. The van der Waals surface area contributed by atoms with E-state index in [9.17, 15) is 0 Å². The van der Waals surface area contributed by atoms with Gasteiger partial charge in [0.25, 0.3) is 0 Å². The van der Waals surface area contributed by atoms with Gasteiger partial charge in [0.1, 0.15) is 11.2 Å². The maximum Gasteiger partial charge on any atom is 0.143 e. The number of furan rings is 1. The summed E-state index contributed by atoms with van der Waals surface area (Å²) in [4.78, 5) is 2.46. The second-order valence-electron chi connectivity index (χ2n) is 14.5. The van der Waals surface area contributed by atoms with E-state index in [-0.39, 0.29) is 0 Å². The number of hydrogen-bond donors (Lipinski definition) is 0. The van der Waals surface area contributed by atoms with E-state index < -0.39 is 0 Å². The molecule has 0 unspecified atom stereocenters. The van der Waals surface area contributed by atoms with Gasteiger partial charge in [-0.3, -0.25) is 0 Å². The van der Waals surface area contributed by atoms with E-state index in [4.69, 9.17) is 4.42 Å². The van der Waals surface area contributed by atoms with Gasteiger partial charge in [-0.05, 0) is 95.4 Å². The molecule has 0 saturated heterocycles. The first-order valence-corrected chi connectivity index (χ1v) is 19.8. The molecule has 12 rings (SSSR count). The van der Waals surface area contributed by atoms with E-state index in [2.05, 4.69) is 204 Å². The Morgan fingerprint density at radius 1 is 0.429 bits per heavy atom. The summed E-state index contributed by atoms with van der Waals surface area (Å²) in [6.07, 6.45) is 0. The maximum atomic E-state index is 6.75. The summed E-state index contributed by atoms with van der Waals surface area (Å²) in [5.74, 6) is 0. The minimum atomic E-state index is 0.873. The maximum absolute atomic E-state index is 6.75. The van der Waals surface area contributed by atoms with Crippen LogP contribution in [0.25, 0.3) is 91.5 Å². The van der Waals surface area contributed by atoms with Crippen LogP contribution in [0.2, 0.25) is 0 Å². The van der Waals surface area contributed by atoms with E-state index in [1.807, 2.05) is 11.3 Å². The fourth-order valence-electron chi connectivity index (χ4n) is 8.90. The number of nitrogens with zero attached hydrogens (tertiary/aromatic N) is 2. The van der Waals surface area contributed by atoms with Crippen LogP contribution >= 0.6 is 11.3 Å². The van der Waals surface area contributed by atoms with Gasteiger partial charge in [-0.1, -0.05) is 115 Å². The Bertz CT molecular complexity index is 3500. The van der Waals surface area contributed by atoms with Crippen molar-refractivity contribution in [3.8, 4) is 16.8 Å². The topological polar surface area (TPSA) is 21.3 Å². The van der Waals surface area contributed by atoms with Crippen molar-refractivity contribution in [3.63, 3.8) is 0 Å². The van der Waals surface area contributed by atoms with Crippen molar-refractivity contribution >= 4 is 103 Å². The van der Waals surface area contributed by atoms with Gasteiger partial charge < -0.3 is 13.9 Å². The lowest BCUT2D eigenvalue weighted by atomic mass is 10.0. The molecule has 0 aliphatic rings. The van der Waals surface area contributed by atoms with E-state index in [0.717, 1.165) is 55.6 Å². The third kappa shape index (κ3) is 4.63. The molecular formula is C52H32N2OS. The van der Waals surface area contributed by atoms with Crippen molar-refractivity contribution in [3.05, 3.63) is 194 Å². The van der Waals surface area contributed by atoms with Crippen LogP contribution in [-0.2, 0) is 0 Å². The quantitative estimate of drug-likeness (QED) is 0.176. The number of aromatic nitrogens is 1. The molecule has 3 aromatic heterocycles. The number of benzene rings is 9. The van der Waals surface area contributed by atoms with Crippen LogP contribution in [0.15, 0.2) is 199 Å². The Balaban J connectivity index is 1.11. The molecular weight excluding hydrogens is 701 g/mol. The van der Waals surface area contributed by atoms with Gasteiger partial charge in [-0.2, -0.15) is 0 Å². The molecule has 3 nitrogen and oxygen atoms in total. The lowest BCUT2D eigenvalue weighted by Crippen LogP contribution is -2.10. The fourth-order valence-corrected chi connectivity index (χ4v) is 10.0. The highest BCUT2D eigenvalue weighted by atomic mass is 32.1. The molecule has 0 spiro atoms. The molecule has 0 saturated carbocycles. The van der Waals surface area contributed by atoms with E-state index >= 15 is 0 Å². The largest absolute Gasteiger partial charge is 0.455 e. The van der Waals surface area contributed by atoms with Crippen LogP contribution in [0.5, 0.6) is 0 Å². The summed E-state index contributed by atoms with van der Waals surface area (Å²) in [6.45, 7) is 0. The normalized spacial score (nSPS) is 11.9. The predicted octanol–water partition coefficient (Wildman–Crippen LogP) is 15.3. The molecule has 4 heteroatoms. The molecule has 0 fully saturated rings. The van der Waals surface area contributed by atoms with E-state index in [1.54, 1.807) is 0 Å². The molecule has 3 heterocycles. The number of anilines is 3. The smallest absolute Gasteiger partial charge is 0.143 e. The summed E-state index contributed by atoms with van der Waals surface area (Å²) < 4.78 is 11.7. The van der Waals surface area contributed by atoms with Crippen molar-refractivity contribution in [1.82, 2.24) is 4.57 Å². The molecule has 9 aromatic carbocycles. The first-order chi connectivity index (χ1) is 27.8. The van der Waals surface area contributed by atoms with Crippen molar-refractivity contribution in [1.29, 1.82) is 0 Å². The summed E-state index contributed by atoms with van der Waals surface area (Å²) in [5.41, 5.74) is 11.0. The predicted molar refractivity (Wildman–Crippen MR) is 239 cm³/mol. The molecule has 12 aromatic rings. The summed E-state index contributed by atoms with van der Waals surface area (Å²) in [5, 5.41) is 9.50. The molecule has 56 heavy (non-hydrogen) atoms. The van der Waals surface area contributed by atoms with Crippen LogP contribution in [0.1, 0.15) is 0 Å².